The fourth-order valence-electron chi connectivity index (χ4n) is 2.73. The Kier molecular flexibility index (Phi) is 3.75. The van der Waals surface area contributed by atoms with Crippen LogP contribution in [0.1, 0.15) is 17.0 Å². The van der Waals surface area contributed by atoms with Crippen molar-refractivity contribution in [3.8, 4) is 0 Å². The SMILES string of the molecule is CN1CCN(c2nc3c(c(C(F)(F)F)n2)CCNC3)CC1. The van der Waals surface area contributed by atoms with Crippen molar-refractivity contribution in [2.24, 2.45) is 0 Å². The number of hydrogen-bond donors (Lipinski definition) is 1. The Morgan fingerprint density at radius 3 is 2.48 bits per heavy atom. The number of anilines is 1. The Labute approximate surface area is 121 Å². The lowest BCUT2D eigenvalue weighted by Crippen LogP contribution is -2.45. The van der Waals surface area contributed by atoms with Crippen LogP contribution in [0.2, 0.25) is 0 Å². The molecule has 0 spiro atoms. The predicted molar refractivity (Wildman–Crippen MR) is 72.2 cm³/mol. The van der Waals surface area contributed by atoms with Crippen molar-refractivity contribution in [1.29, 1.82) is 0 Å². The summed E-state index contributed by atoms with van der Waals surface area (Å²) >= 11 is 0. The molecule has 1 fully saturated rings. The van der Waals surface area contributed by atoms with E-state index in [4.69, 9.17) is 0 Å². The molecule has 8 heteroatoms. The minimum Gasteiger partial charge on any atom is -0.338 e. The van der Waals surface area contributed by atoms with Crippen LogP contribution >= 0.6 is 0 Å². The molecule has 0 unspecified atom stereocenters. The van der Waals surface area contributed by atoms with Crippen LogP contribution in [0.4, 0.5) is 19.1 Å². The van der Waals surface area contributed by atoms with Crippen molar-refractivity contribution in [3.63, 3.8) is 0 Å². The molecule has 3 rings (SSSR count). The van der Waals surface area contributed by atoms with Crippen LogP contribution in [-0.4, -0.2) is 54.6 Å². The maximum absolute atomic E-state index is 13.2. The van der Waals surface area contributed by atoms with Gasteiger partial charge in [0.1, 0.15) is 0 Å². The molecule has 2 aliphatic rings. The molecule has 0 aliphatic carbocycles. The predicted octanol–water partition coefficient (Wildman–Crippen LogP) is 0.893. The van der Waals surface area contributed by atoms with E-state index in [-0.39, 0.29) is 11.5 Å². The standard InChI is InChI=1S/C13H18F3N5/c1-20-4-6-21(7-5-20)12-18-10-8-17-3-2-9(10)11(19-12)13(14,15)16/h17H,2-8H2,1H3. The molecule has 21 heavy (non-hydrogen) atoms. The van der Waals surface area contributed by atoms with Gasteiger partial charge in [0.25, 0.3) is 0 Å². The third-order valence-electron chi connectivity index (χ3n) is 3.98. The summed E-state index contributed by atoms with van der Waals surface area (Å²) < 4.78 is 39.7. The quantitative estimate of drug-likeness (QED) is 0.835. The van der Waals surface area contributed by atoms with Gasteiger partial charge in [0.05, 0.1) is 5.69 Å². The molecule has 0 amide bonds. The third kappa shape index (κ3) is 2.96. The lowest BCUT2D eigenvalue weighted by atomic mass is 10.0. The van der Waals surface area contributed by atoms with Crippen molar-refractivity contribution in [1.82, 2.24) is 20.2 Å². The molecule has 1 N–H and O–H groups in total. The number of fused-ring (bicyclic) bond motifs is 1. The molecular weight excluding hydrogens is 283 g/mol. The first-order valence-electron chi connectivity index (χ1n) is 7.06. The zero-order chi connectivity index (χ0) is 15.0. The van der Waals surface area contributed by atoms with Gasteiger partial charge in [-0.1, -0.05) is 0 Å². The maximum Gasteiger partial charge on any atom is 0.433 e. The van der Waals surface area contributed by atoms with Crippen LogP contribution in [0.15, 0.2) is 0 Å². The third-order valence-corrected chi connectivity index (χ3v) is 3.98. The van der Waals surface area contributed by atoms with E-state index in [1.54, 1.807) is 0 Å². The molecular formula is C13H18F3N5. The summed E-state index contributed by atoms with van der Waals surface area (Å²) in [5, 5.41) is 3.07. The minimum atomic E-state index is -4.42. The molecule has 116 valence electrons. The van der Waals surface area contributed by atoms with E-state index in [0.29, 0.717) is 38.3 Å². The number of rotatable bonds is 1. The summed E-state index contributed by atoms with van der Waals surface area (Å²) in [5.74, 6) is 0.206. The van der Waals surface area contributed by atoms with Gasteiger partial charge in [-0.2, -0.15) is 13.2 Å². The Bertz CT molecular complexity index is 523. The van der Waals surface area contributed by atoms with Crippen molar-refractivity contribution < 1.29 is 13.2 Å². The highest BCUT2D eigenvalue weighted by atomic mass is 19.4. The van der Waals surface area contributed by atoms with Gasteiger partial charge in [0.15, 0.2) is 5.69 Å². The van der Waals surface area contributed by atoms with Gasteiger partial charge in [-0.15, -0.1) is 0 Å². The van der Waals surface area contributed by atoms with E-state index in [2.05, 4.69) is 20.2 Å². The number of likely N-dealkylation sites (N-methyl/N-ethyl adjacent to an activating group) is 1. The lowest BCUT2D eigenvalue weighted by molar-refractivity contribution is -0.142. The monoisotopic (exact) mass is 301 g/mol. The topological polar surface area (TPSA) is 44.3 Å². The molecule has 0 aromatic carbocycles. The first kappa shape index (κ1) is 14.5. The van der Waals surface area contributed by atoms with Crippen molar-refractivity contribution in [3.05, 3.63) is 17.0 Å². The van der Waals surface area contributed by atoms with Gasteiger partial charge in [-0.25, -0.2) is 9.97 Å². The zero-order valence-electron chi connectivity index (χ0n) is 11.9. The molecule has 1 saturated heterocycles. The normalized spacial score (nSPS) is 20.5. The molecule has 2 aliphatic heterocycles. The largest absolute Gasteiger partial charge is 0.433 e. The number of nitrogens with zero attached hydrogens (tertiary/aromatic N) is 4. The number of hydrogen-bond acceptors (Lipinski definition) is 5. The molecule has 0 radical (unpaired) electrons. The molecule has 1 aromatic rings. The minimum absolute atomic E-state index is 0.206. The first-order valence-corrected chi connectivity index (χ1v) is 7.06. The average Bonchev–Trinajstić information content (AvgIpc) is 2.46. The highest BCUT2D eigenvalue weighted by Gasteiger charge is 2.38. The summed E-state index contributed by atoms with van der Waals surface area (Å²) in [6, 6.07) is 0. The first-order chi connectivity index (χ1) is 9.95. The average molecular weight is 301 g/mol. The Hall–Kier alpha value is -1.41. The fraction of sp³-hybridized carbons (Fsp3) is 0.692. The van der Waals surface area contributed by atoms with Gasteiger partial charge in [0.2, 0.25) is 5.95 Å². The number of aromatic nitrogens is 2. The van der Waals surface area contributed by atoms with Crippen LogP contribution in [0.3, 0.4) is 0 Å². The number of piperazine rings is 1. The number of halogens is 3. The van der Waals surface area contributed by atoms with Crippen LogP contribution in [0, 0.1) is 0 Å². The summed E-state index contributed by atoms with van der Waals surface area (Å²) in [4.78, 5) is 12.2. The van der Waals surface area contributed by atoms with Gasteiger partial charge in [-0.3, -0.25) is 0 Å². The van der Waals surface area contributed by atoms with Crippen LogP contribution in [0.25, 0.3) is 0 Å². The number of alkyl halides is 3. The summed E-state index contributed by atoms with van der Waals surface area (Å²) in [6.45, 7) is 3.83. The van der Waals surface area contributed by atoms with Crippen molar-refractivity contribution >= 4 is 5.95 Å². The zero-order valence-corrected chi connectivity index (χ0v) is 11.9. The molecule has 0 saturated carbocycles. The van der Waals surface area contributed by atoms with Crippen LogP contribution in [0.5, 0.6) is 0 Å². The Morgan fingerprint density at radius 2 is 1.81 bits per heavy atom. The van der Waals surface area contributed by atoms with Crippen molar-refractivity contribution in [2.75, 3.05) is 44.7 Å². The molecule has 5 nitrogen and oxygen atoms in total. The highest BCUT2D eigenvalue weighted by molar-refractivity contribution is 5.40. The highest BCUT2D eigenvalue weighted by Crippen LogP contribution is 2.34. The molecule has 0 bridgehead atoms. The molecule has 1 aromatic heterocycles. The van der Waals surface area contributed by atoms with Gasteiger partial charge >= 0.3 is 6.18 Å². The second-order valence-corrected chi connectivity index (χ2v) is 5.51. The van der Waals surface area contributed by atoms with E-state index < -0.39 is 11.9 Å². The van der Waals surface area contributed by atoms with Gasteiger partial charge in [0, 0.05) is 38.3 Å². The Balaban J connectivity index is 1.98. The molecule has 0 atom stereocenters. The Morgan fingerprint density at radius 1 is 1.10 bits per heavy atom. The maximum atomic E-state index is 13.2. The van der Waals surface area contributed by atoms with Crippen molar-refractivity contribution in [2.45, 2.75) is 19.1 Å². The summed E-state index contributed by atoms with van der Waals surface area (Å²) in [6.07, 6.45) is -4.10. The fourth-order valence-corrected chi connectivity index (χ4v) is 2.73. The second kappa shape index (κ2) is 5.42. The van der Waals surface area contributed by atoms with E-state index in [1.165, 1.54) is 0 Å². The summed E-state index contributed by atoms with van der Waals surface area (Å²) in [7, 11) is 2.00. The second-order valence-electron chi connectivity index (χ2n) is 5.51. The van der Waals surface area contributed by atoms with Crippen LogP contribution < -0.4 is 10.2 Å². The van der Waals surface area contributed by atoms with Crippen LogP contribution in [-0.2, 0) is 19.1 Å². The summed E-state index contributed by atoms with van der Waals surface area (Å²) in [5.41, 5.74) is -0.0282. The van der Waals surface area contributed by atoms with Gasteiger partial charge in [-0.05, 0) is 20.0 Å². The molecule has 3 heterocycles. The smallest absolute Gasteiger partial charge is 0.338 e. The van der Waals surface area contributed by atoms with E-state index in [9.17, 15) is 13.2 Å². The van der Waals surface area contributed by atoms with Gasteiger partial charge < -0.3 is 15.1 Å². The number of nitrogens with one attached hydrogen (secondary N) is 1. The van der Waals surface area contributed by atoms with E-state index in [1.807, 2.05) is 11.9 Å². The van der Waals surface area contributed by atoms with E-state index >= 15 is 0 Å². The van der Waals surface area contributed by atoms with E-state index in [0.717, 1.165) is 13.1 Å². The lowest BCUT2D eigenvalue weighted by Gasteiger charge is -2.33.